The van der Waals surface area contributed by atoms with Gasteiger partial charge in [-0.15, -0.1) is 0 Å². The van der Waals surface area contributed by atoms with Crippen LogP contribution in [0.4, 0.5) is 0 Å². The lowest BCUT2D eigenvalue weighted by atomic mass is 10.2. The summed E-state index contributed by atoms with van der Waals surface area (Å²) in [5, 5.41) is 0. The van der Waals surface area contributed by atoms with Crippen molar-refractivity contribution in [2.24, 2.45) is 5.73 Å². The lowest BCUT2D eigenvalue weighted by Gasteiger charge is -2.24. The minimum absolute atomic E-state index is 0.655. The van der Waals surface area contributed by atoms with E-state index in [9.17, 15) is 0 Å². The van der Waals surface area contributed by atoms with E-state index in [0.29, 0.717) is 6.04 Å². The maximum atomic E-state index is 5.62. The van der Waals surface area contributed by atoms with Gasteiger partial charge >= 0.3 is 0 Å². The molecule has 2 N–H and O–H groups in total. The molecule has 2 heteroatoms. The van der Waals surface area contributed by atoms with Gasteiger partial charge in [-0.05, 0) is 32.4 Å². The summed E-state index contributed by atoms with van der Waals surface area (Å²) in [4.78, 5) is 2.51. The molecular formula is C8H18N2. The van der Waals surface area contributed by atoms with Crippen LogP contribution in [0.15, 0.2) is 0 Å². The molecule has 10 heavy (non-hydrogen) atoms. The number of rotatable bonds is 3. The van der Waals surface area contributed by atoms with Gasteiger partial charge in [-0.25, -0.2) is 0 Å². The Balaban J connectivity index is 2.29. The van der Waals surface area contributed by atoms with Crippen molar-refractivity contribution >= 4 is 0 Å². The molecule has 1 heterocycles. The first-order chi connectivity index (χ1) is 4.88. The Morgan fingerprint density at radius 3 is 2.40 bits per heavy atom. The van der Waals surface area contributed by atoms with Crippen molar-refractivity contribution in [3.63, 3.8) is 0 Å². The van der Waals surface area contributed by atoms with Gasteiger partial charge < -0.3 is 5.73 Å². The summed E-state index contributed by atoms with van der Waals surface area (Å²) in [5.74, 6) is 0. The van der Waals surface area contributed by atoms with Crippen molar-refractivity contribution < 1.29 is 0 Å². The number of hydrogen-bond acceptors (Lipinski definition) is 2. The van der Waals surface area contributed by atoms with Crippen LogP contribution in [0.25, 0.3) is 0 Å². The van der Waals surface area contributed by atoms with Gasteiger partial charge in [-0.3, -0.25) is 4.90 Å². The van der Waals surface area contributed by atoms with Crippen molar-refractivity contribution in [2.45, 2.75) is 32.2 Å². The summed E-state index contributed by atoms with van der Waals surface area (Å²) in [6, 6.07) is 0.655. The van der Waals surface area contributed by atoms with E-state index in [4.69, 9.17) is 5.73 Å². The Kier molecular flexibility index (Phi) is 3.16. The molecule has 0 aromatic rings. The van der Waals surface area contributed by atoms with E-state index < -0.39 is 0 Å². The van der Waals surface area contributed by atoms with Gasteiger partial charge in [0.25, 0.3) is 0 Å². The minimum Gasteiger partial charge on any atom is -0.329 e. The highest BCUT2D eigenvalue weighted by atomic mass is 15.2. The molecule has 60 valence electrons. The molecule has 0 amide bonds. The maximum Gasteiger partial charge on any atom is 0.0215 e. The highest BCUT2D eigenvalue weighted by molar-refractivity contribution is 4.75. The van der Waals surface area contributed by atoms with E-state index in [2.05, 4.69) is 11.8 Å². The number of nitrogens with two attached hydrogens (primary N) is 1. The van der Waals surface area contributed by atoms with Gasteiger partial charge in [-0.1, -0.05) is 6.92 Å². The number of hydrogen-bond donors (Lipinski definition) is 1. The van der Waals surface area contributed by atoms with E-state index in [1.54, 1.807) is 0 Å². The fourth-order valence-corrected chi connectivity index (χ4v) is 1.68. The molecule has 0 saturated carbocycles. The Morgan fingerprint density at radius 2 is 2.00 bits per heavy atom. The van der Waals surface area contributed by atoms with Crippen molar-refractivity contribution in [3.8, 4) is 0 Å². The lowest BCUT2D eigenvalue weighted by molar-refractivity contribution is 0.242. The third-order valence-corrected chi connectivity index (χ3v) is 2.40. The molecule has 1 aliphatic heterocycles. The fraction of sp³-hybridized carbons (Fsp3) is 1.00. The van der Waals surface area contributed by atoms with Crippen molar-refractivity contribution in [1.29, 1.82) is 0 Å². The van der Waals surface area contributed by atoms with Crippen LogP contribution in [0, 0.1) is 0 Å². The van der Waals surface area contributed by atoms with Crippen LogP contribution in [0.1, 0.15) is 26.2 Å². The van der Waals surface area contributed by atoms with Crippen LogP contribution in [0.3, 0.4) is 0 Å². The zero-order valence-electron chi connectivity index (χ0n) is 6.84. The Labute approximate surface area is 63.4 Å². The molecule has 0 bridgehead atoms. The molecule has 1 rings (SSSR count). The first-order valence-corrected chi connectivity index (χ1v) is 4.32. The van der Waals surface area contributed by atoms with Gasteiger partial charge in [0.2, 0.25) is 0 Å². The first-order valence-electron chi connectivity index (χ1n) is 4.32. The zero-order chi connectivity index (χ0) is 7.40. The van der Waals surface area contributed by atoms with E-state index in [-0.39, 0.29) is 0 Å². The highest BCUT2D eigenvalue weighted by Gasteiger charge is 2.18. The van der Waals surface area contributed by atoms with Gasteiger partial charge in [0.1, 0.15) is 0 Å². The van der Waals surface area contributed by atoms with E-state index in [1.807, 2.05) is 0 Å². The summed E-state index contributed by atoms with van der Waals surface area (Å²) in [6.07, 6.45) is 3.95. The highest BCUT2D eigenvalue weighted by Crippen LogP contribution is 2.12. The normalized spacial score (nSPS) is 23.4. The third kappa shape index (κ3) is 1.70. The third-order valence-electron chi connectivity index (χ3n) is 2.40. The van der Waals surface area contributed by atoms with Gasteiger partial charge in [0.15, 0.2) is 0 Å². The molecule has 0 unspecified atom stereocenters. The van der Waals surface area contributed by atoms with Crippen LogP contribution in [0.5, 0.6) is 0 Å². The second-order valence-corrected chi connectivity index (χ2v) is 3.04. The molecule has 0 radical (unpaired) electrons. The summed E-state index contributed by atoms with van der Waals surface area (Å²) >= 11 is 0. The van der Waals surface area contributed by atoms with E-state index >= 15 is 0 Å². The standard InChI is InChI=1S/C8H18N2/c1-2-8(7-9)10-5-3-4-6-10/h8H,2-7,9H2,1H3/t8-/m1/s1. The number of nitrogens with zero attached hydrogens (tertiary/aromatic N) is 1. The van der Waals surface area contributed by atoms with Crippen molar-refractivity contribution in [3.05, 3.63) is 0 Å². The molecule has 1 atom stereocenters. The molecule has 0 spiro atoms. The van der Waals surface area contributed by atoms with Gasteiger partial charge in [-0.2, -0.15) is 0 Å². The van der Waals surface area contributed by atoms with Gasteiger partial charge in [0, 0.05) is 12.6 Å². The van der Waals surface area contributed by atoms with Crippen LogP contribution in [-0.2, 0) is 0 Å². The molecule has 2 nitrogen and oxygen atoms in total. The predicted molar refractivity (Wildman–Crippen MR) is 43.9 cm³/mol. The topological polar surface area (TPSA) is 29.3 Å². The molecule has 1 aliphatic rings. The van der Waals surface area contributed by atoms with Crippen LogP contribution >= 0.6 is 0 Å². The summed E-state index contributed by atoms with van der Waals surface area (Å²) in [5.41, 5.74) is 5.62. The zero-order valence-corrected chi connectivity index (χ0v) is 6.84. The van der Waals surface area contributed by atoms with E-state index in [0.717, 1.165) is 6.54 Å². The second-order valence-electron chi connectivity index (χ2n) is 3.04. The number of likely N-dealkylation sites (tertiary alicyclic amines) is 1. The molecule has 0 aromatic carbocycles. The lowest BCUT2D eigenvalue weighted by Crippen LogP contribution is -2.37. The quantitative estimate of drug-likeness (QED) is 0.632. The molecule has 1 saturated heterocycles. The maximum absolute atomic E-state index is 5.62. The summed E-state index contributed by atoms with van der Waals surface area (Å²) in [6.45, 7) is 5.60. The van der Waals surface area contributed by atoms with Crippen LogP contribution in [-0.4, -0.2) is 30.6 Å². The largest absolute Gasteiger partial charge is 0.329 e. The summed E-state index contributed by atoms with van der Waals surface area (Å²) in [7, 11) is 0. The Hall–Kier alpha value is -0.0800. The van der Waals surface area contributed by atoms with E-state index in [1.165, 1.54) is 32.4 Å². The van der Waals surface area contributed by atoms with Crippen molar-refractivity contribution in [2.75, 3.05) is 19.6 Å². The fourth-order valence-electron chi connectivity index (χ4n) is 1.68. The first kappa shape index (κ1) is 8.02. The summed E-state index contributed by atoms with van der Waals surface area (Å²) < 4.78 is 0. The van der Waals surface area contributed by atoms with Crippen molar-refractivity contribution in [1.82, 2.24) is 4.90 Å². The second kappa shape index (κ2) is 3.94. The van der Waals surface area contributed by atoms with Gasteiger partial charge in [0.05, 0.1) is 0 Å². The van der Waals surface area contributed by atoms with Crippen LogP contribution in [0.2, 0.25) is 0 Å². The molecule has 0 aliphatic carbocycles. The minimum atomic E-state index is 0.655. The van der Waals surface area contributed by atoms with Crippen LogP contribution < -0.4 is 5.73 Å². The smallest absolute Gasteiger partial charge is 0.0215 e. The molecule has 0 aromatic heterocycles. The predicted octanol–water partition coefficient (Wildman–Crippen LogP) is 0.819. The molecule has 1 fully saturated rings. The average Bonchev–Trinajstić information content (AvgIpc) is 2.43. The monoisotopic (exact) mass is 142 g/mol. The Bertz CT molecular complexity index is 83.3. The molecular weight excluding hydrogens is 124 g/mol. The average molecular weight is 142 g/mol. The Morgan fingerprint density at radius 1 is 1.40 bits per heavy atom. The SMILES string of the molecule is CC[C@H](CN)N1CCCC1.